The summed E-state index contributed by atoms with van der Waals surface area (Å²) in [6, 6.07) is 7.18. The molecule has 1 heterocycles. The molecule has 0 aromatic heterocycles. The summed E-state index contributed by atoms with van der Waals surface area (Å²) in [7, 11) is -6.73. The van der Waals surface area contributed by atoms with Gasteiger partial charge in [-0.25, -0.2) is 4.31 Å². The summed E-state index contributed by atoms with van der Waals surface area (Å²) in [6.07, 6.45) is -8.71. The SMILES string of the molecule is O=S(=O)(N1C(C(F)(F)F)=C[C@H](c2ccccc2)C[C@@H]1O)C(F)(F)C(F)(F)Cl. The van der Waals surface area contributed by atoms with Crippen molar-refractivity contribution in [2.75, 3.05) is 0 Å². The Morgan fingerprint density at radius 3 is 2.00 bits per heavy atom. The third-order valence-electron chi connectivity index (χ3n) is 3.76. The van der Waals surface area contributed by atoms with Crippen molar-refractivity contribution in [3.05, 3.63) is 47.7 Å². The van der Waals surface area contributed by atoms with Crippen molar-refractivity contribution in [2.45, 2.75) is 35.4 Å². The number of aliphatic hydroxyl groups excluding tert-OH is 1. The van der Waals surface area contributed by atoms with Crippen LogP contribution in [0.15, 0.2) is 42.1 Å². The molecule has 4 nitrogen and oxygen atoms in total. The van der Waals surface area contributed by atoms with Crippen LogP contribution in [0.25, 0.3) is 0 Å². The molecule has 1 aromatic carbocycles. The maximum atomic E-state index is 13.6. The summed E-state index contributed by atoms with van der Waals surface area (Å²) in [6.45, 7) is 0. The zero-order chi connectivity index (χ0) is 20.8. The van der Waals surface area contributed by atoms with Crippen LogP contribution >= 0.6 is 11.6 Å². The van der Waals surface area contributed by atoms with Crippen LogP contribution in [0.5, 0.6) is 0 Å². The molecule has 0 aliphatic carbocycles. The van der Waals surface area contributed by atoms with Gasteiger partial charge in [-0.15, -0.1) is 0 Å². The molecule has 0 unspecified atom stereocenters. The van der Waals surface area contributed by atoms with Gasteiger partial charge in [-0.1, -0.05) is 30.3 Å². The third kappa shape index (κ3) is 3.87. The van der Waals surface area contributed by atoms with Gasteiger partial charge >= 0.3 is 26.8 Å². The molecule has 0 saturated heterocycles. The second-order valence-electron chi connectivity index (χ2n) is 5.60. The van der Waals surface area contributed by atoms with Gasteiger partial charge in [-0.3, -0.25) is 0 Å². The van der Waals surface area contributed by atoms with Gasteiger partial charge in [0.1, 0.15) is 11.9 Å². The van der Waals surface area contributed by atoms with E-state index >= 15 is 0 Å². The Morgan fingerprint density at radius 2 is 1.56 bits per heavy atom. The number of halogens is 8. The Hall–Kier alpha value is -1.53. The standard InChI is InChI=1S/C14H11ClF7NO3S/c15-13(19,20)14(21,22)27(25,26)23-10(12(16,17)18)6-9(7-11(23)24)8-4-2-1-3-5-8/h1-6,9,11,24H,7H2/t9-,11-/m0/s1. The largest absolute Gasteiger partial charge is 0.440 e. The number of rotatable bonds is 4. The third-order valence-corrected chi connectivity index (χ3v) is 5.97. The average molecular weight is 442 g/mol. The minimum Gasteiger partial charge on any atom is -0.372 e. The first kappa shape index (κ1) is 21.8. The zero-order valence-electron chi connectivity index (χ0n) is 13.0. The van der Waals surface area contributed by atoms with Gasteiger partial charge in [0.25, 0.3) is 0 Å². The summed E-state index contributed by atoms with van der Waals surface area (Å²) >= 11 is 4.09. The summed E-state index contributed by atoms with van der Waals surface area (Å²) in [5.41, 5.74) is -1.99. The molecule has 0 amide bonds. The van der Waals surface area contributed by atoms with Crippen LogP contribution in [0.3, 0.4) is 0 Å². The van der Waals surface area contributed by atoms with E-state index in [4.69, 9.17) is 0 Å². The summed E-state index contributed by atoms with van der Waals surface area (Å²) in [4.78, 5) is 0. The highest BCUT2D eigenvalue weighted by molar-refractivity contribution is 7.90. The Bertz CT molecular complexity index is 821. The van der Waals surface area contributed by atoms with E-state index < -0.39 is 55.4 Å². The van der Waals surface area contributed by atoms with Crippen molar-refractivity contribution in [3.8, 4) is 0 Å². The molecule has 0 bridgehead atoms. The van der Waals surface area contributed by atoms with Crippen LogP contribution in [0.1, 0.15) is 17.9 Å². The number of sulfonamides is 1. The quantitative estimate of drug-likeness (QED) is 0.568. The highest BCUT2D eigenvalue weighted by atomic mass is 35.5. The van der Waals surface area contributed by atoms with E-state index in [9.17, 15) is 44.3 Å². The first-order valence-corrected chi connectivity index (χ1v) is 8.93. The number of nitrogens with zero attached hydrogens (tertiary/aromatic N) is 1. The second-order valence-corrected chi connectivity index (χ2v) is 7.93. The fraction of sp³-hybridized carbons (Fsp3) is 0.429. The van der Waals surface area contributed by atoms with E-state index in [1.54, 1.807) is 0 Å². The molecular weight excluding hydrogens is 431 g/mol. The Morgan fingerprint density at radius 1 is 1.04 bits per heavy atom. The van der Waals surface area contributed by atoms with E-state index in [0.717, 1.165) is 0 Å². The molecule has 2 atom stereocenters. The molecule has 0 fully saturated rings. The molecule has 13 heteroatoms. The van der Waals surface area contributed by atoms with Crippen LogP contribution in [-0.4, -0.2) is 40.9 Å². The van der Waals surface area contributed by atoms with Gasteiger partial charge in [0.05, 0.1) is 0 Å². The van der Waals surface area contributed by atoms with Crippen LogP contribution < -0.4 is 0 Å². The summed E-state index contributed by atoms with van der Waals surface area (Å²) in [5, 5.41) is -1.93. The number of hydrogen-bond donors (Lipinski definition) is 1. The number of alkyl halides is 8. The summed E-state index contributed by atoms with van der Waals surface area (Å²) in [5.74, 6) is -1.20. The number of hydrogen-bond acceptors (Lipinski definition) is 3. The molecule has 1 aliphatic rings. The van der Waals surface area contributed by atoms with Crippen molar-refractivity contribution in [1.82, 2.24) is 4.31 Å². The van der Waals surface area contributed by atoms with Gasteiger partial charge in [0.2, 0.25) is 0 Å². The van der Waals surface area contributed by atoms with Crippen molar-refractivity contribution in [3.63, 3.8) is 0 Å². The molecule has 0 saturated carbocycles. The lowest BCUT2D eigenvalue weighted by Gasteiger charge is -2.39. The molecule has 1 N–H and O–H groups in total. The lowest BCUT2D eigenvalue weighted by Crippen LogP contribution is -2.56. The molecule has 0 radical (unpaired) electrons. The van der Waals surface area contributed by atoms with Gasteiger partial charge in [0, 0.05) is 12.3 Å². The second kappa shape index (κ2) is 6.82. The van der Waals surface area contributed by atoms with Gasteiger partial charge < -0.3 is 5.11 Å². The maximum Gasteiger partial charge on any atom is 0.440 e. The van der Waals surface area contributed by atoms with Crippen molar-refractivity contribution in [1.29, 1.82) is 0 Å². The molecule has 1 aromatic rings. The van der Waals surface area contributed by atoms with Crippen molar-refractivity contribution < 1.29 is 44.3 Å². The number of allylic oxidation sites excluding steroid dienone is 2. The van der Waals surface area contributed by atoms with Crippen molar-refractivity contribution in [2.24, 2.45) is 0 Å². The van der Waals surface area contributed by atoms with Gasteiger partial charge in [0.15, 0.2) is 0 Å². The molecule has 2 rings (SSSR count). The Kier molecular flexibility index (Phi) is 5.49. The maximum absolute atomic E-state index is 13.6. The smallest absolute Gasteiger partial charge is 0.372 e. The molecule has 0 spiro atoms. The molecule has 152 valence electrons. The minimum absolute atomic E-state index is 0.227. The lowest BCUT2D eigenvalue weighted by molar-refractivity contribution is -0.127. The van der Waals surface area contributed by atoms with Crippen LogP contribution in [0.4, 0.5) is 30.7 Å². The van der Waals surface area contributed by atoms with Crippen molar-refractivity contribution >= 4 is 21.6 Å². The first-order chi connectivity index (χ1) is 12.1. The minimum atomic E-state index is -6.73. The van der Waals surface area contributed by atoms with Crippen LogP contribution in [0.2, 0.25) is 0 Å². The van der Waals surface area contributed by atoms with E-state index in [1.807, 2.05) is 0 Å². The fourth-order valence-corrected chi connectivity index (χ4v) is 4.19. The van der Waals surface area contributed by atoms with Crippen LogP contribution in [-0.2, 0) is 10.0 Å². The monoisotopic (exact) mass is 441 g/mol. The normalized spacial score (nSPS) is 22.6. The first-order valence-electron chi connectivity index (χ1n) is 7.11. The molecule has 1 aliphatic heterocycles. The van der Waals surface area contributed by atoms with Gasteiger partial charge in [-0.2, -0.15) is 39.2 Å². The Balaban J connectivity index is 2.63. The van der Waals surface area contributed by atoms with E-state index in [0.29, 0.717) is 0 Å². The molecular formula is C14H11ClF7NO3S. The topological polar surface area (TPSA) is 57.6 Å². The highest BCUT2D eigenvalue weighted by Gasteiger charge is 2.69. The zero-order valence-corrected chi connectivity index (χ0v) is 14.5. The average Bonchev–Trinajstić information content (AvgIpc) is 2.52. The van der Waals surface area contributed by atoms with E-state index in [1.165, 1.54) is 30.3 Å². The lowest BCUT2D eigenvalue weighted by atomic mass is 9.91. The molecule has 27 heavy (non-hydrogen) atoms. The summed E-state index contributed by atoms with van der Waals surface area (Å²) < 4.78 is 116. The van der Waals surface area contributed by atoms with Crippen LogP contribution in [0, 0.1) is 0 Å². The Labute approximate surface area is 153 Å². The predicted octanol–water partition coefficient (Wildman–Crippen LogP) is 3.99. The van der Waals surface area contributed by atoms with E-state index in [-0.39, 0.29) is 11.6 Å². The fourth-order valence-electron chi connectivity index (χ4n) is 2.53. The number of benzene rings is 1. The highest BCUT2D eigenvalue weighted by Crippen LogP contribution is 2.48. The number of aliphatic hydroxyl groups is 1. The predicted molar refractivity (Wildman–Crippen MR) is 80.5 cm³/mol. The van der Waals surface area contributed by atoms with E-state index in [2.05, 4.69) is 11.6 Å². The van der Waals surface area contributed by atoms with Gasteiger partial charge in [-0.05, 0) is 23.2 Å².